The van der Waals surface area contributed by atoms with E-state index in [1.54, 1.807) is 0 Å². The molecule has 0 unspecified atom stereocenters. The number of hydrogen-bond donors (Lipinski definition) is 1. The molecule has 0 heterocycles. The van der Waals surface area contributed by atoms with Crippen LogP contribution in [0.25, 0.3) is 0 Å². The average molecular weight is 230 g/mol. The fourth-order valence-electron chi connectivity index (χ4n) is 1.11. The zero-order valence-corrected chi connectivity index (χ0v) is 8.97. The highest BCUT2D eigenvalue weighted by Crippen LogP contribution is 2.24. The predicted molar refractivity (Wildman–Crippen MR) is 61.6 cm³/mol. The van der Waals surface area contributed by atoms with Crippen molar-refractivity contribution in [3.8, 4) is 36.2 Å². The van der Waals surface area contributed by atoms with Crippen LogP contribution in [-0.4, -0.2) is 24.3 Å². The summed E-state index contributed by atoms with van der Waals surface area (Å²) in [6.45, 7) is -0.136. The summed E-state index contributed by atoms with van der Waals surface area (Å²) in [5.74, 6) is 3.92. The van der Waals surface area contributed by atoms with Crippen molar-refractivity contribution in [2.24, 2.45) is 0 Å². The van der Waals surface area contributed by atoms with Crippen LogP contribution < -0.4 is 4.74 Å². The highest BCUT2D eigenvalue weighted by molar-refractivity contribution is 5.93. The van der Waals surface area contributed by atoms with E-state index < -0.39 is 5.97 Å². The van der Waals surface area contributed by atoms with E-state index in [2.05, 4.69) is 11.8 Å². The van der Waals surface area contributed by atoms with Gasteiger partial charge in [-0.15, -0.1) is 12.8 Å². The lowest BCUT2D eigenvalue weighted by atomic mass is 10.2. The van der Waals surface area contributed by atoms with Gasteiger partial charge in [0.25, 0.3) is 0 Å². The molecule has 0 saturated carbocycles. The van der Waals surface area contributed by atoms with Crippen LogP contribution in [0.3, 0.4) is 0 Å². The van der Waals surface area contributed by atoms with Gasteiger partial charge in [0.15, 0.2) is 6.61 Å². The lowest BCUT2D eigenvalue weighted by molar-refractivity contribution is 0.0552. The molecule has 0 bridgehead atoms. The Labute approximate surface area is 99.2 Å². The van der Waals surface area contributed by atoms with Gasteiger partial charge in [-0.25, -0.2) is 4.79 Å². The molecular formula is C13H10O4. The average Bonchev–Trinajstić information content (AvgIpc) is 2.34. The third kappa shape index (κ3) is 3.48. The third-order valence-electron chi connectivity index (χ3n) is 1.78. The molecule has 0 spiro atoms. The smallest absolute Gasteiger partial charge is 0.343 e. The predicted octanol–water partition coefficient (Wildman–Crippen LogP) is 1.19. The Kier molecular flexibility index (Phi) is 4.47. The van der Waals surface area contributed by atoms with Crippen molar-refractivity contribution in [3.63, 3.8) is 0 Å². The molecule has 0 aliphatic rings. The van der Waals surface area contributed by atoms with Gasteiger partial charge in [0.2, 0.25) is 0 Å². The molecule has 4 nitrogen and oxygen atoms in total. The summed E-state index contributed by atoms with van der Waals surface area (Å²) in [5, 5.41) is 9.29. The summed E-state index contributed by atoms with van der Waals surface area (Å²) in [6, 6.07) is 4.04. The highest BCUT2D eigenvalue weighted by atomic mass is 16.5. The van der Waals surface area contributed by atoms with Crippen molar-refractivity contribution >= 4 is 5.97 Å². The monoisotopic (exact) mass is 230 g/mol. The van der Waals surface area contributed by atoms with Gasteiger partial charge in [-0.1, -0.05) is 11.8 Å². The summed E-state index contributed by atoms with van der Waals surface area (Å²) < 4.78 is 9.88. The molecule has 0 fully saturated rings. The molecule has 0 radical (unpaired) electrons. The summed E-state index contributed by atoms with van der Waals surface area (Å²) in [4.78, 5) is 11.6. The van der Waals surface area contributed by atoms with Gasteiger partial charge in [-0.05, 0) is 18.2 Å². The van der Waals surface area contributed by atoms with Crippen molar-refractivity contribution in [1.29, 1.82) is 0 Å². The van der Waals surface area contributed by atoms with Crippen molar-refractivity contribution in [2.45, 2.75) is 0 Å². The van der Waals surface area contributed by atoms with Crippen molar-refractivity contribution < 1.29 is 19.4 Å². The summed E-state index contributed by atoms with van der Waals surface area (Å²) >= 11 is 0. The number of aromatic hydroxyl groups is 1. The molecule has 1 N–H and O–H groups in total. The van der Waals surface area contributed by atoms with Crippen LogP contribution in [0.1, 0.15) is 10.4 Å². The molecule has 0 saturated heterocycles. The highest BCUT2D eigenvalue weighted by Gasteiger charge is 2.14. The number of phenols is 1. The van der Waals surface area contributed by atoms with Gasteiger partial charge in [-0.2, -0.15) is 0 Å². The molecule has 17 heavy (non-hydrogen) atoms. The number of esters is 1. The molecule has 4 heteroatoms. The summed E-state index contributed by atoms with van der Waals surface area (Å²) in [5.41, 5.74) is 0.0792. The van der Waals surface area contributed by atoms with Crippen LogP contribution in [0.2, 0.25) is 0 Å². The number of phenolic OH excluding ortho intramolecular Hbond substituents is 1. The summed E-state index contributed by atoms with van der Waals surface area (Å²) in [6.07, 6.45) is 10.0. The zero-order chi connectivity index (χ0) is 12.7. The van der Waals surface area contributed by atoms with Gasteiger partial charge in [0.05, 0.1) is 0 Å². The Morgan fingerprint density at radius 2 is 2.00 bits per heavy atom. The lowest BCUT2D eigenvalue weighted by Crippen LogP contribution is -2.08. The first-order valence-electron chi connectivity index (χ1n) is 4.69. The Bertz CT molecular complexity index is 491. The van der Waals surface area contributed by atoms with Gasteiger partial charge >= 0.3 is 5.97 Å². The van der Waals surface area contributed by atoms with Gasteiger partial charge < -0.3 is 14.6 Å². The largest absolute Gasteiger partial charge is 0.508 e. The quantitative estimate of drug-likeness (QED) is 0.623. The van der Waals surface area contributed by atoms with Crippen LogP contribution in [0, 0.1) is 24.7 Å². The Hall–Kier alpha value is -2.59. The number of rotatable bonds is 4. The van der Waals surface area contributed by atoms with Crippen molar-refractivity contribution in [3.05, 3.63) is 23.8 Å². The van der Waals surface area contributed by atoms with Crippen LogP contribution in [0.15, 0.2) is 18.2 Å². The first kappa shape index (κ1) is 12.5. The Morgan fingerprint density at radius 1 is 1.29 bits per heavy atom. The number of ether oxygens (including phenoxy) is 2. The first-order valence-corrected chi connectivity index (χ1v) is 4.69. The topological polar surface area (TPSA) is 55.8 Å². The fraction of sp³-hybridized carbons (Fsp3) is 0.154. The second kappa shape index (κ2) is 6.09. The first-order chi connectivity index (χ1) is 8.19. The minimum absolute atomic E-state index is 0.0141. The van der Waals surface area contributed by atoms with Crippen LogP contribution in [-0.2, 0) is 4.74 Å². The van der Waals surface area contributed by atoms with Crippen LogP contribution in [0.4, 0.5) is 0 Å². The molecule has 0 aromatic heterocycles. The maximum absolute atomic E-state index is 11.6. The van der Waals surface area contributed by atoms with E-state index in [9.17, 15) is 9.90 Å². The maximum atomic E-state index is 11.6. The van der Waals surface area contributed by atoms with E-state index in [4.69, 9.17) is 22.3 Å². The lowest BCUT2D eigenvalue weighted by Gasteiger charge is -2.08. The van der Waals surface area contributed by atoms with E-state index in [0.29, 0.717) is 0 Å². The number of carbonyl (C=O) groups is 1. The SMILES string of the molecule is C#CCOC(=O)c1cc(O)ccc1OCC#C. The second-order valence-corrected chi connectivity index (χ2v) is 2.95. The van der Waals surface area contributed by atoms with E-state index in [1.807, 2.05) is 0 Å². The minimum Gasteiger partial charge on any atom is -0.508 e. The molecule has 0 aliphatic carbocycles. The van der Waals surface area contributed by atoms with Crippen molar-refractivity contribution in [2.75, 3.05) is 13.2 Å². The molecule has 1 aromatic rings. The molecule has 0 aliphatic heterocycles. The standard InChI is InChI=1S/C13H10O4/c1-3-7-16-12-6-5-10(14)9-11(12)13(15)17-8-4-2/h1-2,5-6,9,14H,7-8H2. The second-order valence-electron chi connectivity index (χ2n) is 2.95. The van der Waals surface area contributed by atoms with E-state index in [-0.39, 0.29) is 30.3 Å². The van der Waals surface area contributed by atoms with E-state index in [1.165, 1.54) is 18.2 Å². The summed E-state index contributed by atoms with van der Waals surface area (Å²) in [7, 11) is 0. The van der Waals surface area contributed by atoms with E-state index in [0.717, 1.165) is 0 Å². The number of carbonyl (C=O) groups excluding carboxylic acids is 1. The van der Waals surface area contributed by atoms with Gasteiger partial charge in [0.1, 0.15) is 23.7 Å². The Balaban J connectivity index is 2.95. The number of terminal acetylenes is 2. The van der Waals surface area contributed by atoms with Crippen LogP contribution >= 0.6 is 0 Å². The van der Waals surface area contributed by atoms with E-state index >= 15 is 0 Å². The number of hydrogen-bond acceptors (Lipinski definition) is 4. The zero-order valence-electron chi connectivity index (χ0n) is 8.97. The van der Waals surface area contributed by atoms with Gasteiger partial charge in [-0.3, -0.25) is 0 Å². The molecule has 1 rings (SSSR count). The number of benzene rings is 1. The normalized spacial score (nSPS) is 8.82. The third-order valence-corrected chi connectivity index (χ3v) is 1.78. The molecular weight excluding hydrogens is 220 g/mol. The minimum atomic E-state index is -0.675. The van der Waals surface area contributed by atoms with Gasteiger partial charge in [0, 0.05) is 0 Å². The fourth-order valence-corrected chi connectivity index (χ4v) is 1.11. The van der Waals surface area contributed by atoms with Crippen LogP contribution in [0.5, 0.6) is 11.5 Å². The molecule has 0 amide bonds. The molecule has 86 valence electrons. The molecule has 0 atom stereocenters. The Morgan fingerprint density at radius 3 is 2.65 bits per heavy atom. The molecule has 1 aromatic carbocycles. The van der Waals surface area contributed by atoms with Crippen molar-refractivity contribution in [1.82, 2.24) is 0 Å². The maximum Gasteiger partial charge on any atom is 0.343 e.